The lowest BCUT2D eigenvalue weighted by Crippen LogP contribution is -2.09. The molecule has 3 heteroatoms. The van der Waals surface area contributed by atoms with E-state index in [4.69, 9.17) is 5.73 Å². The molecule has 0 bridgehead atoms. The van der Waals surface area contributed by atoms with E-state index in [-0.39, 0.29) is 4.91 Å². The summed E-state index contributed by atoms with van der Waals surface area (Å²) in [6, 6.07) is 0. The van der Waals surface area contributed by atoms with Crippen LogP contribution in [0.1, 0.15) is 13.3 Å². The molecule has 0 saturated heterocycles. The van der Waals surface area contributed by atoms with Gasteiger partial charge in [-0.15, -0.1) is 12.6 Å². The Morgan fingerprint density at radius 3 is 2.70 bits per heavy atom. The van der Waals surface area contributed by atoms with Gasteiger partial charge in [-0.25, -0.2) is 0 Å². The number of hydrogen-bond donors (Lipinski definition) is 2. The van der Waals surface area contributed by atoms with Crippen LogP contribution >= 0.6 is 12.6 Å². The molecule has 0 spiro atoms. The molecular weight excluding hydrogens is 146 g/mol. The number of carbonyl (C=O) groups is 1. The number of thiol groups is 1. The van der Waals surface area contributed by atoms with Gasteiger partial charge in [0, 0.05) is 0 Å². The number of allylic oxidation sites excluding steroid dienone is 3. The highest BCUT2D eigenvalue weighted by atomic mass is 32.1. The van der Waals surface area contributed by atoms with Crippen molar-refractivity contribution in [3.05, 3.63) is 23.1 Å². The van der Waals surface area contributed by atoms with Gasteiger partial charge in [-0.3, -0.25) is 4.79 Å². The average molecular weight is 157 g/mol. The Morgan fingerprint density at radius 2 is 2.30 bits per heavy atom. The first-order valence-corrected chi connectivity index (χ1v) is 3.48. The monoisotopic (exact) mass is 157 g/mol. The molecule has 0 radical (unpaired) electrons. The first-order chi connectivity index (χ1) is 4.68. The molecular formula is C7H11NOS. The second kappa shape index (κ2) is 5.11. The van der Waals surface area contributed by atoms with Gasteiger partial charge in [0.15, 0.2) is 0 Å². The molecule has 0 aliphatic carbocycles. The molecule has 0 fully saturated rings. The van der Waals surface area contributed by atoms with E-state index >= 15 is 0 Å². The highest BCUT2D eigenvalue weighted by Gasteiger charge is 1.93. The summed E-state index contributed by atoms with van der Waals surface area (Å²) >= 11 is 3.83. The van der Waals surface area contributed by atoms with Gasteiger partial charge in [0.2, 0.25) is 0 Å². The van der Waals surface area contributed by atoms with Crippen molar-refractivity contribution in [1.29, 1.82) is 0 Å². The van der Waals surface area contributed by atoms with E-state index in [1.165, 1.54) is 0 Å². The lowest BCUT2D eigenvalue weighted by atomic mass is 10.4. The molecule has 0 aromatic carbocycles. The molecule has 0 aliphatic rings. The standard InChI is InChI=1S/C7H11NOS/c1-2-3-4-5-6(10)7(8)9/h3-5,10H,2H2,1H3,(H2,8,9)/b4-3+,6-5-. The van der Waals surface area contributed by atoms with Crippen molar-refractivity contribution >= 4 is 18.5 Å². The zero-order valence-electron chi connectivity index (χ0n) is 5.87. The Labute approximate surface area is 66.2 Å². The normalized spacial score (nSPS) is 12.4. The van der Waals surface area contributed by atoms with E-state index in [9.17, 15) is 4.79 Å². The predicted molar refractivity (Wildman–Crippen MR) is 45.7 cm³/mol. The molecule has 0 rings (SSSR count). The van der Waals surface area contributed by atoms with Crippen LogP contribution in [0, 0.1) is 0 Å². The van der Waals surface area contributed by atoms with Gasteiger partial charge in [0.05, 0.1) is 4.91 Å². The molecule has 0 atom stereocenters. The zero-order chi connectivity index (χ0) is 7.98. The van der Waals surface area contributed by atoms with Crippen LogP contribution in [0.15, 0.2) is 23.1 Å². The van der Waals surface area contributed by atoms with Gasteiger partial charge in [0.25, 0.3) is 5.91 Å². The third kappa shape index (κ3) is 4.21. The van der Waals surface area contributed by atoms with Crippen LogP contribution in [0.3, 0.4) is 0 Å². The number of carbonyl (C=O) groups excluding carboxylic acids is 1. The van der Waals surface area contributed by atoms with Crippen molar-refractivity contribution in [1.82, 2.24) is 0 Å². The summed E-state index contributed by atoms with van der Waals surface area (Å²) in [6.45, 7) is 2.01. The van der Waals surface area contributed by atoms with Crippen molar-refractivity contribution in [3.8, 4) is 0 Å². The average Bonchev–Trinajstić information content (AvgIpc) is 1.88. The SMILES string of the molecule is CC/C=C/C=C(\S)C(N)=O. The maximum atomic E-state index is 10.3. The van der Waals surface area contributed by atoms with Gasteiger partial charge in [0.1, 0.15) is 0 Å². The van der Waals surface area contributed by atoms with E-state index in [2.05, 4.69) is 12.6 Å². The highest BCUT2D eigenvalue weighted by Crippen LogP contribution is 1.98. The summed E-state index contributed by atoms with van der Waals surface area (Å²) in [5, 5.41) is 0. The lowest BCUT2D eigenvalue weighted by Gasteiger charge is -1.86. The molecule has 0 saturated carbocycles. The second-order valence-corrected chi connectivity index (χ2v) is 2.23. The van der Waals surface area contributed by atoms with Crippen molar-refractivity contribution in [2.45, 2.75) is 13.3 Å². The Morgan fingerprint density at radius 1 is 1.70 bits per heavy atom. The Bertz CT molecular complexity index is 172. The van der Waals surface area contributed by atoms with Crippen LogP contribution in [0.4, 0.5) is 0 Å². The third-order valence-corrected chi connectivity index (χ3v) is 1.25. The minimum atomic E-state index is -0.496. The predicted octanol–water partition coefficient (Wildman–Crippen LogP) is 1.25. The van der Waals surface area contributed by atoms with Gasteiger partial charge < -0.3 is 5.73 Å². The summed E-state index contributed by atoms with van der Waals surface area (Å²) in [6.07, 6.45) is 6.19. The smallest absolute Gasteiger partial charge is 0.254 e. The molecule has 10 heavy (non-hydrogen) atoms. The summed E-state index contributed by atoms with van der Waals surface area (Å²) < 4.78 is 0. The van der Waals surface area contributed by atoms with Crippen LogP contribution in [0.2, 0.25) is 0 Å². The Hall–Kier alpha value is -0.700. The van der Waals surface area contributed by atoms with Crippen molar-refractivity contribution in [2.75, 3.05) is 0 Å². The summed E-state index contributed by atoms with van der Waals surface area (Å²) in [4.78, 5) is 10.6. The fraction of sp³-hybridized carbons (Fsp3) is 0.286. The fourth-order valence-electron chi connectivity index (χ4n) is 0.377. The molecule has 0 heterocycles. The number of hydrogen-bond acceptors (Lipinski definition) is 2. The Balaban J connectivity index is 3.92. The summed E-state index contributed by atoms with van der Waals surface area (Å²) in [5.74, 6) is -0.496. The molecule has 0 unspecified atom stereocenters. The number of primary amides is 1. The van der Waals surface area contributed by atoms with Crippen LogP contribution in [0.25, 0.3) is 0 Å². The molecule has 0 aliphatic heterocycles. The largest absolute Gasteiger partial charge is 0.365 e. The van der Waals surface area contributed by atoms with Gasteiger partial charge in [-0.05, 0) is 12.5 Å². The molecule has 2 N–H and O–H groups in total. The van der Waals surface area contributed by atoms with Crippen LogP contribution in [-0.2, 0) is 4.79 Å². The maximum Gasteiger partial charge on any atom is 0.254 e. The van der Waals surface area contributed by atoms with Gasteiger partial charge in [-0.1, -0.05) is 19.1 Å². The maximum absolute atomic E-state index is 10.3. The van der Waals surface area contributed by atoms with Crippen molar-refractivity contribution < 1.29 is 4.79 Å². The molecule has 0 aromatic rings. The summed E-state index contributed by atoms with van der Waals surface area (Å²) in [7, 11) is 0. The van der Waals surface area contributed by atoms with Gasteiger partial charge >= 0.3 is 0 Å². The van der Waals surface area contributed by atoms with E-state index in [0.29, 0.717) is 0 Å². The second-order valence-electron chi connectivity index (χ2n) is 1.75. The van der Waals surface area contributed by atoms with Crippen LogP contribution in [-0.4, -0.2) is 5.91 Å². The van der Waals surface area contributed by atoms with Crippen LogP contribution in [0.5, 0.6) is 0 Å². The minimum Gasteiger partial charge on any atom is -0.365 e. The number of rotatable bonds is 3. The quantitative estimate of drug-likeness (QED) is 0.361. The van der Waals surface area contributed by atoms with Crippen LogP contribution < -0.4 is 5.73 Å². The first-order valence-electron chi connectivity index (χ1n) is 3.04. The first kappa shape index (κ1) is 9.30. The van der Waals surface area contributed by atoms with Crippen molar-refractivity contribution in [2.24, 2.45) is 5.73 Å². The number of amides is 1. The molecule has 56 valence electrons. The lowest BCUT2D eigenvalue weighted by molar-refractivity contribution is -0.113. The van der Waals surface area contributed by atoms with Crippen molar-refractivity contribution in [3.63, 3.8) is 0 Å². The van der Waals surface area contributed by atoms with E-state index in [1.807, 2.05) is 13.0 Å². The minimum absolute atomic E-state index is 0.282. The van der Waals surface area contributed by atoms with E-state index in [1.54, 1.807) is 12.2 Å². The third-order valence-electron chi connectivity index (χ3n) is 0.878. The zero-order valence-corrected chi connectivity index (χ0v) is 6.77. The Kier molecular flexibility index (Phi) is 4.76. The fourth-order valence-corrected chi connectivity index (χ4v) is 0.463. The van der Waals surface area contributed by atoms with Gasteiger partial charge in [-0.2, -0.15) is 0 Å². The summed E-state index contributed by atoms with van der Waals surface area (Å²) in [5.41, 5.74) is 4.90. The molecule has 2 nitrogen and oxygen atoms in total. The highest BCUT2D eigenvalue weighted by molar-refractivity contribution is 7.85. The van der Waals surface area contributed by atoms with E-state index in [0.717, 1.165) is 6.42 Å². The number of nitrogens with two attached hydrogens (primary N) is 1. The van der Waals surface area contributed by atoms with E-state index < -0.39 is 5.91 Å². The molecule has 1 amide bonds. The topological polar surface area (TPSA) is 43.1 Å². The molecule has 0 aromatic heterocycles.